The molecule has 1 unspecified atom stereocenters. The first-order valence-corrected chi connectivity index (χ1v) is 4.36. The molecule has 4 heteroatoms. The summed E-state index contributed by atoms with van der Waals surface area (Å²) in [6, 6.07) is -0.276. The van der Waals surface area contributed by atoms with Crippen molar-refractivity contribution in [3.63, 3.8) is 0 Å². The number of rotatable bonds is 2. The van der Waals surface area contributed by atoms with Crippen LogP contribution in [0.25, 0.3) is 0 Å². The minimum atomic E-state index is -0.276. The maximum absolute atomic E-state index is 11.2. The molecule has 13 heavy (non-hydrogen) atoms. The highest BCUT2D eigenvalue weighted by molar-refractivity contribution is 5.87. The van der Waals surface area contributed by atoms with Crippen LogP contribution in [0, 0.1) is 0 Å². The predicted molar refractivity (Wildman–Crippen MR) is 47.3 cm³/mol. The Bertz CT molecular complexity index is 205. The molecule has 74 valence electrons. The van der Waals surface area contributed by atoms with Gasteiger partial charge in [-0.2, -0.15) is 0 Å². The Labute approximate surface area is 77.8 Å². The van der Waals surface area contributed by atoms with Crippen LogP contribution in [0.3, 0.4) is 0 Å². The first kappa shape index (κ1) is 10.2. The van der Waals surface area contributed by atoms with Crippen LogP contribution >= 0.6 is 0 Å². The van der Waals surface area contributed by atoms with Crippen molar-refractivity contribution in [2.45, 2.75) is 32.4 Å². The van der Waals surface area contributed by atoms with E-state index in [4.69, 9.17) is 4.74 Å². The number of carbonyl (C=O) groups excluding carboxylic acids is 2. The van der Waals surface area contributed by atoms with Crippen molar-refractivity contribution in [3.8, 4) is 0 Å². The lowest BCUT2D eigenvalue weighted by atomic mass is 10.1. The van der Waals surface area contributed by atoms with Crippen molar-refractivity contribution in [1.82, 2.24) is 4.90 Å². The highest BCUT2D eigenvalue weighted by Gasteiger charge is 2.36. The Kier molecular flexibility index (Phi) is 3.03. The number of ketones is 1. The number of ether oxygens (including phenoxy) is 1. The molecule has 0 aromatic heterocycles. The van der Waals surface area contributed by atoms with E-state index in [1.54, 1.807) is 12.0 Å². The normalized spacial score (nSPS) is 27.8. The molecule has 0 saturated carbocycles. The fraction of sp³-hybridized carbons (Fsp3) is 0.778. The van der Waals surface area contributed by atoms with Crippen molar-refractivity contribution in [1.29, 1.82) is 0 Å². The highest BCUT2D eigenvalue weighted by atomic mass is 16.5. The fourth-order valence-corrected chi connectivity index (χ4v) is 1.70. The second-order valence-electron chi connectivity index (χ2n) is 3.39. The lowest BCUT2D eigenvalue weighted by Crippen LogP contribution is -2.38. The topological polar surface area (TPSA) is 46.6 Å². The molecule has 0 aromatic rings. The predicted octanol–water partition coefficient (Wildman–Crippen LogP) is 0.211. The smallest absolute Gasteiger partial charge is 0.220 e. The summed E-state index contributed by atoms with van der Waals surface area (Å²) in [6.07, 6.45) is 0.642. The second kappa shape index (κ2) is 3.87. The number of Topliss-reactive ketones (excluding diaryl/α,β-unsaturated/α-hetero) is 1. The van der Waals surface area contributed by atoms with Crippen LogP contribution in [0.5, 0.6) is 0 Å². The zero-order valence-corrected chi connectivity index (χ0v) is 8.24. The van der Waals surface area contributed by atoms with Gasteiger partial charge in [-0.3, -0.25) is 9.59 Å². The summed E-state index contributed by atoms with van der Waals surface area (Å²) in [5.41, 5.74) is 0. The maximum atomic E-state index is 11.2. The van der Waals surface area contributed by atoms with E-state index in [0.717, 1.165) is 0 Å². The third kappa shape index (κ3) is 2.06. The lowest BCUT2D eigenvalue weighted by molar-refractivity contribution is -0.135. The third-order valence-corrected chi connectivity index (χ3v) is 2.47. The minimum absolute atomic E-state index is 0.0119. The van der Waals surface area contributed by atoms with Crippen molar-refractivity contribution >= 4 is 11.7 Å². The van der Waals surface area contributed by atoms with Gasteiger partial charge in [0.2, 0.25) is 5.91 Å². The Morgan fingerprint density at radius 1 is 1.38 bits per heavy atom. The first-order chi connectivity index (χ1) is 6.06. The van der Waals surface area contributed by atoms with E-state index in [2.05, 4.69) is 0 Å². The van der Waals surface area contributed by atoms with Crippen LogP contribution in [0.1, 0.15) is 20.3 Å². The Morgan fingerprint density at radius 2 is 2.00 bits per heavy atom. The molecule has 0 aromatic carbocycles. The average Bonchev–Trinajstić information content (AvgIpc) is 2.47. The number of hydrogen-bond acceptors (Lipinski definition) is 3. The molecule has 1 rings (SSSR count). The van der Waals surface area contributed by atoms with E-state index in [9.17, 15) is 9.59 Å². The van der Waals surface area contributed by atoms with Gasteiger partial charge in [-0.1, -0.05) is 0 Å². The van der Waals surface area contributed by atoms with Gasteiger partial charge in [0.15, 0.2) is 5.78 Å². The summed E-state index contributed by atoms with van der Waals surface area (Å²) in [7, 11) is 1.60. The van der Waals surface area contributed by atoms with Crippen molar-refractivity contribution in [2.75, 3.05) is 13.7 Å². The van der Waals surface area contributed by atoms with Gasteiger partial charge in [0.1, 0.15) is 0 Å². The van der Waals surface area contributed by atoms with Gasteiger partial charge in [-0.05, 0) is 6.92 Å². The molecule has 1 heterocycles. The number of methoxy groups -OCH3 is 1. The maximum Gasteiger partial charge on any atom is 0.220 e. The average molecular weight is 185 g/mol. The number of amides is 1. The van der Waals surface area contributed by atoms with E-state index in [1.807, 2.05) is 0 Å². The number of nitrogens with zero attached hydrogens (tertiary/aromatic N) is 1. The van der Waals surface area contributed by atoms with E-state index < -0.39 is 0 Å². The van der Waals surface area contributed by atoms with Gasteiger partial charge in [0, 0.05) is 27.0 Å². The summed E-state index contributed by atoms with van der Waals surface area (Å²) >= 11 is 0. The SMILES string of the molecule is COC1C[C@@H](C(C)=O)N(C(C)=O)C1. The lowest BCUT2D eigenvalue weighted by Gasteiger charge is -2.19. The van der Waals surface area contributed by atoms with Crippen LogP contribution in [0.4, 0.5) is 0 Å². The molecule has 0 aliphatic carbocycles. The van der Waals surface area contributed by atoms with Gasteiger partial charge < -0.3 is 9.64 Å². The summed E-state index contributed by atoms with van der Waals surface area (Å²) in [5, 5.41) is 0. The molecule has 0 N–H and O–H groups in total. The molecule has 1 aliphatic heterocycles. The quantitative estimate of drug-likeness (QED) is 0.618. The minimum Gasteiger partial charge on any atom is -0.380 e. The van der Waals surface area contributed by atoms with Gasteiger partial charge >= 0.3 is 0 Å². The summed E-state index contributed by atoms with van der Waals surface area (Å²) < 4.78 is 5.13. The third-order valence-electron chi connectivity index (χ3n) is 2.47. The summed E-state index contributed by atoms with van der Waals surface area (Å²) in [6.45, 7) is 3.53. The van der Waals surface area contributed by atoms with Crippen LogP contribution in [0.2, 0.25) is 0 Å². The molecule has 0 radical (unpaired) electrons. The van der Waals surface area contributed by atoms with Crippen molar-refractivity contribution in [2.24, 2.45) is 0 Å². The summed E-state index contributed by atoms with van der Waals surface area (Å²) in [4.78, 5) is 23.9. The first-order valence-electron chi connectivity index (χ1n) is 4.36. The van der Waals surface area contributed by atoms with Gasteiger partial charge in [0.25, 0.3) is 0 Å². The van der Waals surface area contributed by atoms with Crippen LogP contribution < -0.4 is 0 Å². The van der Waals surface area contributed by atoms with Gasteiger partial charge in [0.05, 0.1) is 12.1 Å². The number of likely N-dealkylation sites (tertiary alicyclic amines) is 1. The zero-order chi connectivity index (χ0) is 10.0. The van der Waals surface area contributed by atoms with Crippen LogP contribution in [0.15, 0.2) is 0 Å². The molecule has 2 atom stereocenters. The van der Waals surface area contributed by atoms with E-state index in [0.29, 0.717) is 13.0 Å². The Hall–Kier alpha value is -0.900. The molecular formula is C9H15NO3. The Morgan fingerprint density at radius 3 is 2.31 bits per heavy atom. The van der Waals surface area contributed by atoms with Gasteiger partial charge in [-0.25, -0.2) is 0 Å². The molecule has 1 fully saturated rings. The molecule has 4 nitrogen and oxygen atoms in total. The highest BCUT2D eigenvalue weighted by Crippen LogP contribution is 2.20. The van der Waals surface area contributed by atoms with Crippen molar-refractivity contribution in [3.05, 3.63) is 0 Å². The molecular weight excluding hydrogens is 170 g/mol. The number of carbonyl (C=O) groups is 2. The number of hydrogen-bond donors (Lipinski definition) is 0. The standard InChI is InChI=1S/C9H15NO3/c1-6(11)9-4-8(13-3)5-10(9)7(2)12/h8-9H,4-5H2,1-3H3/t8?,9-/m0/s1. The molecule has 1 amide bonds. The second-order valence-corrected chi connectivity index (χ2v) is 3.39. The van der Waals surface area contributed by atoms with Crippen LogP contribution in [-0.4, -0.2) is 42.4 Å². The summed E-state index contributed by atoms with van der Waals surface area (Å²) in [5.74, 6) is -0.0190. The Balaban J connectivity index is 2.71. The van der Waals surface area contributed by atoms with Crippen LogP contribution in [-0.2, 0) is 14.3 Å². The molecule has 0 spiro atoms. The molecule has 1 saturated heterocycles. The fourth-order valence-electron chi connectivity index (χ4n) is 1.70. The van der Waals surface area contributed by atoms with E-state index >= 15 is 0 Å². The monoisotopic (exact) mass is 185 g/mol. The van der Waals surface area contributed by atoms with E-state index in [-0.39, 0.29) is 23.8 Å². The van der Waals surface area contributed by atoms with Crippen molar-refractivity contribution < 1.29 is 14.3 Å². The molecule has 0 bridgehead atoms. The van der Waals surface area contributed by atoms with Gasteiger partial charge in [-0.15, -0.1) is 0 Å². The zero-order valence-electron chi connectivity index (χ0n) is 8.24. The van der Waals surface area contributed by atoms with E-state index in [1.165, 1.54) is 13.8 Å². The largest absolute Gasteiger partial charge is 0.380 e. The molecule has 1 aliphatic rings.